The van der Waals surface area contributed by atoms with Crippen molar-refractivity contribution in [1.29, 1.82) is 0 Å². The van der Waals surface area contributed by atoms with Crippen molar-refractivity contribution in [3.8, 4) is 11.1 Å². The predicted molar refractivity (Wildman–Crippen MR) is 126 cm³/mol. The van der Waals surface area contributed by atoms with Gasteiger partial charge in [0.15, 0.2) is 0 Å². The van der Waals surface area contributed by atoms with Crippen molar-refractivity contribution in [1.82, 2.24) is 10.6 Å². The van der Waals surface area contributed by atoms with Gasteiger partial charge < -0.3 is 20.5 Å². The molecule has 2 saturated carbocycles. The van der Waals surface area contributed by atoms with E-state index in [9.17, 15) is 19.5 Å². The first-order valence-corrected chi connectivity index (χ1v) is 12.1. The molecular weight excluding hydrogens is 432 g/mol. The lowest BCUT2D eigenvalue weighted by Crippen LogP contribution is -2.55. The molecule has 7 nitrogen and oxygen atoms in total. The predicted octanol–water partition coefficient (Wildman–Crippen LogP) is 4.06. The van der Waals surface area contributed by atoms with Gasteiger partial charge in [-0.1, -0.05) is 67.8 Å². The smallest absolute Gasteiger partial charge is 0.407 e. The van der Waals surface area contributed by atoms with E-state index >= 15 is 0 Å². The average Bonchev–Trinajstić information content (AvgIpc) is 3.57. The first kappa shape index (κ1) is 22.4. The summed E-state index contributed by atoms with van der Waals surface area (Å²) in [6.45, 7) is 0.354. The number of carbonyl (C=O) groups excluding carboxylic acids is 2. The number of fused-ring (bicyclic) bond motifs is 3. The van der Waals surface area contributed by atoms with Crippen molar-refractivity contribution >= 4 is 18.0 Å². The maximum atomic E-state index is 13.0. The third kappa shape index (κ3) is 4.39. The zero-order valence-corrected chi connectivity index (χ0v) is 19.1. The number of hydrogen-bond acceptors (Lipinski definition) is 4. The molecule has 2 aromatic carbocycles. The second kappa shape index (κ2) is 9.12. The number of ether oxygens (including phenoxy) is 1. The molecule has 0 heterocycles. The molecule has 178 valence electrons. The maximum absolute atomic E-state index is 13.0. The summed E-state index contributed by atoms with van der Waals surface area (Å²) in [6.07, 6.45) is 4.07. The van der Waals surface area contributed by atoms with Crippen LogP contribution in [0.4, 0.5) is 4.79 Å². The fourth-order valence-corrected chi connectivity index (χ4v) is 5.20. The fraction of sp³-hybridized carbons (Fsp3) is 0.444. The van der Waals surface area contributed by atoms with Crippen LogP contribution < -0.4 is 10.6 Å². The van der Waals surface area contributed by atoms with E-state index in [4.69, 9.17) is 4.74 Å². The van der Waals surface area contributed by atoms with Crippen LogP contribution in [0.3, 0.4) is 0 Å². The van der Waals surface area contributed by atoms with Crippen molar-refractivity contribution in [2.75, 3.05) is 13.2 Å². The summed E-state index contributed by atoms with van der Waals surface area (Å²) in [5, 5.41) is 15.0. The lowest BCUT2D eigenvalue weighted by atomic mass is 9.68. The Labute approximate surface area is 198 Å². The minimum absolute atomic E-state index is 0.0298. The summed E-state index contributed by atoms with van der Waals surface area (Å²) in [4.78, 5) is 37.1. The van der Waals surface area contributed by atoms with Crippen LogP contribution in [-0.4, -0.2) is 42.3 Å². The number of amides is 2. The Morgan fingerprint density at radius 3 is 2.15 bits per heavy atom. The van der Waals surface area contributed by atoms with E-state index in [1.807, 2.05) is 24.3 Å². The maximum Gasteiger partial charge on any atom is 0.407 e. The number of benzene rings is 2. The number of carboxylic acids is 1. The van der Waals surface area contributed by atoms with Gasteiger partial charge in [-0.2, -0.15) is 0 Å². The number of carbonyl (C=O) groups is 3. The van der Waals surface area contributed by atoms with Crippen LogP contribution in [0.1, 0.15) is 55.6 Å². The molecule has 0 spiro atoms. The topological polar surface area (TPSA) is 105 Å². The van der Waals surface area contributed by atoms with E-state index in [1.165, 1.54) is 0 Å². The summed E-state index contributed by atoms with van der Waals surface area (Å²) in [5.41, 5.74) is 3.85. The van der Waals surface area contributed by atoms with Crippen molar-refractivity contribution in [2.24, 2.45) is 11.3 Å². The summed E-state index contributed by atoms with van der Waals surface area (Å²) < 4.78 is 5.59. The van der Waals surface area contributed by atoms with E-state index in [0.717, 1.165) is 41.5 Å². The van der Waals surface area contributed by atoms with Gasteiger partial charge in [0.25, 0.3) is 0 Å². The largest absolute Gasteiger partial charge is 0.480 e. The molecule has 0 aliphatic heterocycles. The van der Waals surface area contributed by atoms with E-state index in [2.05, 4.69) is 34.9 Å². The molecule has 3 aliphatic rings. The van der Waals surface area contributed by atoms with Crippen molar-refractivity contribution in [2.45, 2.75) is 50.5 Å². The molecule has 0 bridgehead atoms. The zero-order chi connectivity index (χ0) is 23.7. The molecule has 34 heavy (non-hydrogen) atoms. The molecular formula is C27H30N2O5. The minimum atomic E-state index is -1.00. The summed E-state index contributed by atoms with van der Waals surface area (Å²) in [7, 11) is 0. The zero-order valence-electron chi connectivity index (χ0n) is 19.1. The minimum Gasteiger partial charge on any atom is -0.480 e. The van der Waals surface area contributed by atoms with Crippen LogP contribution >= 0.6 is 0 Å². The first-order valence-electron chi connectivity index (χ1n) is 12.1. The van der Waals surface area contributed by atoms with Crippen molar-refractivity contribution in [3.05, 3.63) is 59.7 Å². The number of hydrogen-bond donors (Lipinski definition) is 3. The van der Waals surface area contributed by atoms with Crippen LogP contribution in [0.15, 0.2) is 48.5 Å². The normalized spacial score (nSPS) is 18.7. The van der Waals surface area contributed by atoms with Crippen LogP contribution in [0.2, 0.25) is 0 Å². The molecule has 2 aromatic rings. The highest BCUT2D eigenvalue weighted by Gasteiger charge is 2.46. The quantitative estimate of drug-likeness (QED) is 0.521. The van der Waals surface area contributed by atoms with Crippen molar-refractivity contribution in [3.63, 3.8) is 0 Å². The molecule has 1 unspecified atom stereocenters. The second-order valence-corrected chi connectivity index (χ2v) is 9.86. The Balaban J connectivity index is 1.17. The van der Waals surface area contributed by atoms with Crippen LogP contribution in [0.5, 0.6) is 0 Å². The third-order valence-corrected chi connectivity index (χ3v) is 7.58. The molecule has 1 atom stereocenters. The number of nitrogens with one attached hydrogen (secondary N) is 2. The number of alkyl carbamates (subject to hydrolysis) is 1. The molecule has 7 heteroatoms. The van der Waals surface area contributed by atoms with Crippen LogP contribution in [0.25, 0.3) is 11.1 Å². The lowest BCUT2D eigenvalue weighted by Gasteiger charge is -2.40. The summed E-state index contributed by atoms with van der Waals surface area (Å²) in [6, 6.07) is 15.4. The first-order chi connectivity index (χ1) is 16.5. The summed E-state index contributed by atoms with van der Waals surface area (Å²) in [5.74, 6) is -0.930. The Bertz CT molecular complexity index is 1060. The molecule has 2 fully saturated rings. The molecule has 0 radical (unpaired) electrons. The highest BCUT2D eigenvalue weighted by atomic mass is 16.5. The van der Waals surface area contributed by atoms with Gasteiger partial charge in [0.1, 0.15) is 12.6 Å². The van der Waals surface area contributed by atoms with Gasteiger partial charge in [0.05, 0.1) is 5.41 Å². The Hall–Kier alpha value is -3.35. The second-order valence-electron chi connectivity index (χ2n) is 9.86. The molecule has 3 aliphatic carbocycles. The van der Waals surface area contributed by atoms with Gasteiger partial charge in [0, 0.05) is 12.5 Å². The monoisotopic (exact) mass is 462 g/mol. The standard InChI is InChI=1S/C27H30N2O5/c30-24(31)23(14-17-10-11-17)29-25(32)27(12-5-13-27)16-28-26(33)34-15-22-20-8-3-1-6-18(20)19-7-2-4-9-21(19)22/h1-4,6-9,17,22-23H,5,10-16H2,(H,28,33)(H,29,32)(H,30,31). The molecule has 0 aromatic heterocycles. The van der Waals surface area contributed by atoms with E-state index in [-0.39, 0.29) is 25.0 Å². The Kier molecular flexibility index (Phi) is 6.02. The van der Waals surface area contributed by atoms with Gasteiger partial charge in [0.2, 0.25) is 5.91 Å². The van der Waals surface area contributed by atoms with E-state index in [0.29, 0.717) is 25.2 Å². The highest BCUT2D eigenvalue weighted by Crippen LogP contribution is 2.45. The average molecular weight is 463 g/mol. The van der Waals surface area contributed by atoms with E-state index in [1.54, 1.807) is 0 Å². The van der Waals surface area contributed by atoms with Gasteiger partial charge in [-0.3, -0.25) is 4.79 Å². The lowest BCUT2D eigenvalue weighted by molar-refractivity contribution is -0.146. The van der Waals surface area contributed by atoms with Gasteiger partial charge in [-0.05, 0) is 47.4 Å². The molecule has 5 rings (SSSR count). The molecule has 3 N–H and O–H groups in total. The van der Waals surface area contributed by atoms with Gasteiger partial charge in [-0.25, -0.2) is 9.59 Å². The molecule has 0 saturated heterocycles. The Morgan fingerprint density at radius 2 is 1.62 bits per heavy atom. The Morgan fingerprint density at radius 1 is 1.00 bits per heavy atom. The van der Waals surface area contributed by atoms with Gasteiger partial charge >= 0.3 is 12.1 Å². The number of aliphatic carboxylic acids is 1. The number of rotatable bonds is 9. The fourth-order valence-electron chi connectivity index (χ4n) is 5.20. The van der Waals surface area contributed by atoms with Crippen LogP contribution in [0, 0.1) is 11.3 Å². The third-order valence-electron chi connectivity index (χ3n) is 7.58. The van der Waals surface area contributed by atoms with Crippen molar-refractivity contribution < 1.29 is 24.2 Å². The van der Waals surface area contributed by atoms with Crippen LogP contribution in [-0.2, 0) is 14.3 Å². The van der Waals surface area contributed by atoms with Gasteiger partial charge in [-0.15, -0.1) is 0 Å². The highest BCUT2D eigenvalue weighted by molar-refractivity contribution is 5.88. The van der Waals surface area contributed by atoms with E-state index < -0.39 is 23.5 Å². The molecule has 2 amide bonds. The number of carboxylic acid groups (broad SMARTS) is 1. The SMILES string of the molecule is O=C(NCC1(C(=O)NC(CC2CC2)C(=O)O)CCC1)OCC1c2ccccc2-c2ccccc21. The summed E-state index contributed by atoms with van der Waals surface area (Å²) >= 11 is 0.